The van der Waals surface area contributed by atoms with Crippen LogP contribution in [0.25, 0.3) is 10.9 Å². The minimum Gasteiger partial charge on any atom is -0.497 e. The molecule has 3 N–H and O–H groups in total. The van der Waals surface area contributed by atoms with Crippen molar-refractivity contribution in [1.29, 1.82) is 0 Å². The van der Waals surface area contributed by atoms with Crippen molar-refractivity contribution in [3.8, 4) is 5.75 Å². The molecule has 0 amide bonds. The molecule has 0 radical (unpaired) electrons. The predicted octanol–water partition coefficient (Wildman–Crippen LogP) is 5.63. The Bertz CT molecular complexity index is 1400. The van der Waals surface area contributed by atoms with Gasteiger partial charge in [0.25, 0.3) is 0 Å². The summed E-state index contributed by atoms with van der Waals surface area (Å²) in [6.07, 6.45) is -4.18. The lowest BCUT2D eigenvalue weighted by Gasteiger charge is -2.12. The summed E-state index contributed by atoms with van der Waals surface area (Å²) in [4.78, 5) is 14.0. The number of anilines is 1. The molecule has 3 aromatic carbocycles. The molecular weight excluding hydrogens is 475 g/mol. The Morgan fingerprint density at radius 2 is 1.60 bits per heavy atom. The molecule has 0 fully saturated rings. The molecule has 1 heterocycles. The lowest BCUT2D eigenvalue weighted by molar-refractivity contribution is -0.136. The van der Waals surface area contributed by atoms with E-state index < -0.39 is 17.3 Å². The van der Waals surface area contributed by atoms with E-state index in [1.165, 1.54) is 12.1 Å². The van der Waals surface area contributed by atoms with E-state index in [1.807, 2.05) is 48.5 Å². The lowest BCUT2D eigenvalue weighted by Crippen LogP contribution is -2.27. The number of halogens is 3. The van der Waals surface area contributed by atoms with Gasteiger partial charge in [-0.15, -0.1) is 0 Å². The normalized spacial score (nSPS) is 11.3. The number of benzene rings is 3. The van der Waals surface area contributed by atoms with Crippen LogP contribution in [0.4, 0.5) is 18.9 Å². The molecule has 0 bridgehead atoms. The van der Waals surface area contributed by atoms with E-state index in [9.17, 15) is 18.0 Å². The van der Waals surface area contributed by atoms with Gasteiger partial charge in [0.2, 0.25) is 5.56 Å². The third kappa shape index (κ3) is 6.19. The van der Waals surface area contributed by atoms with Crippen LogP contribution >= 0.6 is 12.2 Å². The van der Waals surface area contributed by atoms with Crippen LogP contribution in [-0.4, -0.2) is 17.2 Å². The summed E-state index contributed by atoms with van der Waals surface area (Å²) >= 11 is 5.35. The third-order valence-corrected chi connectivity index (χ3v) is 5.69. The number of hydrogen-bond acceptors (Lipinski definition) is 3. The number of rotatable bonds is 6. The Morgan fingerprint density at radius 1 is 0.943 bits per heavy atom. The minimum atomic E-state index is -4.61. The second kappa shape index (κ2) is 10.2. The molecular formula is C26H22F3N3O2S. The average Bonchev–Trinajstić information content (AvgIpc) is 2.83. The quantitative estimate of drug-likeness (QED) is 0.301. The fourth-order valence-electron chi connectivity index (χ4n) is 3.69. The number of H-pyrrole nitrogens is 1. The first kappa shape index (κ1) is 24.3. The zero-order valence-electron chi connectivity index (χ0n) is 18.7. The van der Waals surface area contributed by atoms with Crippen molar-refractivity contribution in [2.24, 2.45) is 0 Å². The maximum atomic E-state index is 13.4. The molecule has 0 spiro atoms. The number of hydrogen-bond donors (Lipinski definition) is 3. The van der Waals surface area contributed by atoms with Gasteiger partial charge in [0.15, 0.2) is 5.11 Å². The van der Waals surface area contributed by atoms with E-state index in [2.05, 4.69) is 15.6 Å². The van der Waals surface area contributed by atoms with Crippen molar-refractivity contribution in [3.05, 3.63) is 105 Å². The molecule has 0 aliphatic carbocycles. The highest BCUT2D eigenvalue weighted by Gasteiger charge is 2.33. The molecule has 0 aliphatic heterocycles. The van der Waals surface area contributed by atoms with Crippen LogP contribution in [0.2, 0.25) is 0 Å². The number of nitrogens with one attached hydrogen (secondary N) is 3. The van der Waals surface area contributed by atoms with E-state index in [0.29, 0.717) is 29.7 Å². The van der Waals surface area contributed by atoms with Crippen molar-refractivity contribution < 1.29 is 17.9 Å². The highest BCUT2D eigenvalue weighted by atomic mass is 32.1. The maximum absolute atomic E-state index is 13.4. The van der Waals surface area contributed by atoms with Gasteiger partial charge >= 0.3 is 6.18 Å². The Hall–Kier alpha value is -3.85. The summed E-state index contributed by atoms with van der Waals surface area (Å²) in [5.41, 5.74) is 1.90. The van der Waals surface area contributed by atoms with Gasteiger partial charge in [0, 0.05) is 29.2 Å². The van der Waals surface area contributed by atoms with Gasteiger partial charge in [-0.3, -0.25) is 4.79 Å². The molecule has 180 valence electrons. The number of ether oxygens (including phenoxy) is 1. The van der Waals surface area contributed by atoms with E-state index >= 15 is 0 Å². The van der Waals surface area contributed by atoms with Gasteiger partial charge < -0.3 is 20.4 Å². The number of methoxy groups -OCH3 is 1. The van der Waals surface area contributed by atoms with Crippen molar-refractivity contribution >= 4 is 33.9 Å². The number of alkyl halides is 3. The molecule has 0 saturated carbocycles. The van der Waals surface area contributed by atoms with Gasteiger partial charge in [-0.05, 0) is 71.7 Å². The van der Waals surface area contributed by atoms with Crippen LogP contribution in [0.5, 0.6) is 5.75 Å². The molecule has 35 heavy (non-hydrogen) atoms. The monoisotopic (exact) mass is 497 g/mol. The Balaban J connectivity index is 1.40. The van der Waals surface area contributed by atoms with E-state index in [1.54, 1.807) is 13.2 Å². The number of thiocarbonyl (C=S) groups is 1. The van der Waals surface area contributed by atoms with Crippen LogP contribution < -0.4 is 20.9 Å². The van der Waals surface area contributed by atoms with Crippen molar-refractivity contribution in [2.75, 3.05) is 12.4 Å². The smallest absolute Gasteiger partial charge is 0.417 e. The fourth-order valence-corrected chi connectivity index (χ4v) is 3.88. The Labute approximate surface area is 205 Å². The minimum absolute atomic E-state index is 0.0267. The summed E-state index contributed by atoms with van der Waals surface area (Å²) < 4.78 is 45.4. The van der Waals surface area contributed by atoms with Gasteiger partial charge in [0.1, 0.15) is 5.75 Å². The SMILES string of the molecule is COc1ccc(CNC(=S)Nc2ccc(Cc3ccc4[nH]c(=O)cc(C(F)(F)F)c4c3)cc2)cc1. The first-order valence-electron chi connectivity index (χ1n) is 10.7. The molecule has 0 atom stereocenters. The van der Waals surface area contributed by atoms with Gasteiger partial charge in [-0.1, -0.05) is 30.3 Å². The van der Waals surface area contributed by atoms with Crippen LogP contribution in [-0.2, 0) is 19.1 Å². The summed E-state index contributed by atoms with van der Waals surface area (Å²) in [7, 11) is 1.62. The second-order valence-electron chi connectivity index (χ2n) is 7.95. The average molecular weight is 498 g/mol. The number of pyridine rings is 1. The van der Waals surface area contributed by atoms with E-state index in [4.69, 9.17) is 17.0 Å². The predicted molar refractivity (Wildman–Crippen MR) is 135 cm³/mol. The van der Waals surface area contributed by atoms with E-state index in [-0.39, 0.29) is 10.9 Å². The highest BCUT2D eigenvalue weighted by molar-refractivity contribution is 7.80. The zero-order valence-corrected chi connectivity index (χ0v) is 19.5. The second-order valence-corrected chi connectivity index (χ2v) is 8.36. The Morgan fingerprint density at radius 3 is 2.26 bits per heavy atom. The molecule has 0 unspecified atom stereocenters. The third-order valence-electron chi connectivity index (χ3n) is 5.45. The standard InChI is InChI=1S/C26H22F3N3O2S/c1-34-20-9-4-17(5-10-20)15-30-25(35)31-19-7-2-16(3-8-19)12-18-6-11-23-21(13-18)22(26(27,28)29)14-24(33)32-23/h2-11,13-14H,12,15H2,1H3,(H,32,33)(H2,30,31,35). The molecule has 4 rings (SSSR count). The fraction of sp³-hybridized carbons (Fsp3) is 0.154. The number of fused-ring (bicyclic) bond motifs is 1. The molecule has 5 nitrogen and oxygen atoms in total. The van der Waals surface area contributed by atoms with Crippen molar-refractivity contribution in [3.63, 3.8) is 0 Å². The first-order chi connectivity index (χ1) is 16.7. The topological polar surface area (TPSA) is 66.2 Å². The van der Waals surface area contributed by atoms with Gasteiger partial charge in [-0.2, -0.15) is 13.2 Å². The first-order valence-corrected chi connectivity index (χ1v) is 11.1. The van der Waals surface area contributed by atoms with Crippen molar-refractivity contribution in [2.45, 2.75) is 19.1 Å². The highest BCUT2D eigenvalue weighted by Crippen LogP contribution is 2.33. The summed E-state index contributed by atoms with van der Waals surface area (Å²) in [5.74, 6) is 0.786. The van der Waals surface area contributed by atoms with Gasteiger partial charge in [-0.25, -0.2) is 0 Å². The molecule has 9 heteroatoms. The Kier molecular flexibility index (Phi) is 7.07. The summed E-state index contributed by atoms with van der Waals surface area (Å²) in [6, 6.07) is 20.4. The van der Waals surface area contributed by atoms with Crippen LogP contribution in [0.3, 0.4) is 0 Å². The maximum Gasteiger partial charge on any atom is 0.417 e. The number of aromatic nitrogens is 1. The molecule has 0 saturated heterocycles. The molecule has 1 aromatic heterocycles. The summed E-state index contributed by atoms with van der Waals surface area (Å²) in [6.45, 7) is 0.557. The van der Waals surface area contributed by atoms with Crippen LogP contribution in [0.15, 0.2) is 77.6 Å². The summed E-state index contributed by atoms with van der Waals surface area (Å²) in [5, 5.41) is 6.70. The molecule has 0 aliphatic rings. The largest absolute Gasteiger partial charge is 0.497 e. The van der Waals surface area contributed by atoms with E-state index in [0.717, 1.165) is 22.6 Å². The number of aromatic amines is 1. The van der Waals surface area contributed by atoms with Crippen LogP contribution in [0.1, 0.15) is 22.3 Å². The molecule has 4 aromatic rings. The van der Waals surface area contributed by atoms with Crippen LogP contribution in [0, 0.1) is 0 Å². The van der Waals surface area contributed by atoms with Gasteiger partial charge in [0.05, 0.1) is 12.7 Å². The zero-order chi connectivity index (χ0) is 25.0. The lowest BCUT2D eigenvalue weighted by atomic mass is 10.0. The van der Waals surface area contributed by atoms with Crippen molar-refractivity contribution in [1.82, 2.24) is 10.3 Å².